The zero-order valence-electron chi connectivity index (χ0n) is 11.6. The third kappa shape index (κ3) is 3.49. The minimum atomic E-state index is 0.0342. The maximum atomic E-state index is 6.04. The van der Waals surface area contributed by atoms with Crippen LogP contribution in [0.3, 0.4) is 0 Å². The van der Waals surface area contributed by atoms with E-state index in [1.807, 2.05) is 6.92 Å². The van der Waals surface area contributed by atoms with E-state index in [4.69, 9.17) is 10.5 Å². The van der Waals surface area contributed by atoms with E-state index in [9.17, 15) is 0 Å². The largest absolute Gasteiger partial charge is 0.493 e. The second-order valence-corrected chi connectivity index (χ2v) is 5.64. The van der Waals surface area contributed by atoms with Crippen molar-refractivity contribution >= 4 is 0 Å². The van der Waals surface area contributed by atoms with Crippen LogP contribution >= 0.6 is 0 Å². The highest BCUT2D eigenvalue weighted by Gasteiger charge is 2.15. The number of rotatable bonds is 4. The van der Waals surface area contributed by atoms with Crippen LogP contribution in [-0.2, 0) is 0 Å². The molecule has 0 spiro atoms. The molecule has 0 radical (unpaired) electrons. The molecule has 2 nitrogen and oxygen atoms in total. The smallest absolute Gasteiger partial charge is 0.124 e. The van der Waals surface area contributed by atoms with Crippen LogP contribution in [-0.4, -0.2) is 6.61 Å². The van der Waals surface area contributed by atoms with Crippen molar-refractivity contribution in [3.05, 3.63) is 29.3 Å². The van der Waals surface area contributed by atoms with Gasteiger partial charge in [0.05, 0.1) is 6.61 Å². The normalized spacial score (nSPS) is 18.6. The van der Waals surface area contributed by atoms with Crippen molar-refractivity contribution in [2.24, 2.45) is 11.7 Å². The minimum Gasteiger partial charge on any atom is -0.493 e. The van der Waals surface area contributed by atoms with Crippen LogP contribution in [0, 0.1) is 12.8 Å². The van der Waals surface area contributed by atoms with E-state index in [1.165, 1.54) is 37.7 Å². The third-order valence-electron chi connectivity index (χ3n) is 3.86. The fourth-order valence-electron chi connectivity index (χ4n) is 2.70. The van der Waals surface area contributed by atoms with Crippen LogP contribution in [0.1, 0.15) is 56.2 Å². The van der Waals surface area contributed by atoms with Gasteiger partial charge < -0.3 is 10.5 Å². The van der Waals surface area contributed by atoms with Crippen molar-refractivity contribution in [1.29, 1.82) is 0 Å². The molecule has 0 saturated heterocycles. The number of benzene rings is 1. The molecular weight excluding hydrogens is 222 g/mol. The summed E-state index contributed by atoms with van der Waals surface area (Å²) in [5.74, 6) is 1.72. The highest BCUT2D eigenvalue weighted by atomic mass is 16.5. The molecule has 1 fully saturated rings. The zero-order valence-corrected chi connectivity index (χ0v) is 11.6. The summed E-state index contributed by atoms with van der Waals surface area (Å²) in [6.45, 7) is 4.96. The van der Waals surface area contributed by atoms with E-state index in [0.717, 1.165) is 23.8 Å². The average molecular weight is 247 g/mol. The summed E-state index contributed by atoms with van der Waals surface area (Å²) in [6, 6.07) is 6.34. The second kappa shape index (κ2) is 6.24. The Morgan fingerprint density at radius 3 is 2.67 bits per heavy atom. The number of hydrogen-bond donors (Lipinski definition) is 1. The summed E-state index contributed by atoms with van der Waals surface area (Å²) in [7, 11) is 0. The molecule has 1 aliphatic carbocycles. The predicted molar refractivity (Wildman–Crippen MR) is 75.9 cm³/mol. The summed E-state index contributed by atoms with van der Waals surface area (Å²) in [4.78, 5) is 0. The first-order valence-corrected chi connectivity index (χ1v) is 7.15. The molecule has 0 heterocycles. The quantitative estimate of drug-likeness (QED) is 0.873. The van der Waals surface area contributed by atoms with Gasteiger partial charge in [0.15, 0.2) is 0 Å². The SMILES string of the molecule is Cc1ccc([C@@H](C)N)c(OCC2CCCCC2)c1. The van der Waals surface area contributed by atoms with Crippen LogP contribution in [0.25, 0.3) is 0 Å². The molecule has 1 atom stereocenters. The monoisotopic (exact) mass is 247 g/mol. The Bertz CT molecular complexity index is 381. The van der Waals surface area contributed by atoms with Gasteiger partial charge in [0.25, 0.3) is 0 Å². The number of ether oxygens (including phenoxy) is 1. The van der Waals surface area contributed by atoms with Gasteiger partial charge in [0, 0.05) is 11.6 Å². The summed E-state index contributed by atoms with van der Waals surface area (Å²) < 4.78 is 6.04. The van der Waals surface area contributed by atoms with E-state index in [-0.39, 0.29) is 6.04 Å². The van der Waals surface area contributed by atoms with E-state index in [0.29, 0.717) is 0 Å². The highest BCUT2D eigenvalue weighted by molar-refractivity contribution is 5.38. The lowest BCUT2D eigenvalue weighted by atomic mass is 9.90. The number of aryl methyl sites for hydroxylation is 1. The van der Waals surface area contributed by atoms with Crippen LogP contribution < -0.4 is 10.5 Å². The van der Waals surface area contributed by atoms with Gasteiger partial charge in [-0.05, 0) is 44.2 Å². The molecule has 1 aromatic rings. The Kier molecular flexibility index (Phi) is 4.65. The van der Waals surface area contributed by atoms with Crippen molar-refractivity contribution < 1.29 is 4.74 Å². The zero-order chi connectivity index (χ0) is 13.0. The molecule has 1 saturated carbocycles. The Morgan fingerprint density at radius 2 is 2.00 bits per heavy atom. The van der Waals surface area contributed by atoms with Crippen LogP contribution in [0.5, 0.6) is 5.75 Å². The van der Waals surface area contributed by atoms with E-state index < -0.39 is 0 Å². The highest BCUT2D eigenvalue weighted by Crippen LogP contribution is 2.28. The molecule has 2 heteroatoms. The van der Waals surface area contributed by atoms with E-state index in [2.05, 4.69) is 25.1 Å². The summed E-state index contributed by atoms with van der Waals surface area (Å²) in [5.41, 5.74) is 8.35. The van der Waals surface area contributed by atoms with Gasteiger partial charge in [-0.1, -0.05) is 31.4 Å². The molecule has 2 rings (SSSR count). The Balaban J connectivity index is 2.00. The Morgan fingerprint density at radius 1 is 1.28 bits per heavy atom. The van der Waals surface area contributed by atoms with Crippen molar-refractivity contribution in [3.8, 4) is 5.75 Å². The van der Waals surface area contributed by atoms with Crippen LogP contribution in [0.15, 0.2) is 18.2 Å². The van der Waals surface area contributed by atoms with Gasteiger partial charge in [-0.25, -0.2) is 0 Å². The van der Waals surface area contributed by atoms with E-state index in [1.54, 1.807) is 0 Å². The first kappa shape index (κ1) is 13.4. The molecule has 100 valence electrons. The lowest BCUT2D eigenvalue weighted by Crippen LogP contribution is -2.17. The maximum absolute atomic E-state index is 6.04. The summed E-state index contributed by atoms with van der Waals surface area (Å²) in [6.07, 6.45) is 6.76. The van der Waals surface area contributed by atoms with Crippen molar-refractivity contribution in [3.63, 3.8) is 0 Å². The fraction of sp³-hybridized carbons (Fsp3) is 0.625. The van der Waals surface area contributed by atoms with Gasteiger partial charge in [0.2, 0.25) is 0 Å². The molecule has 18 heavy (non-hydrogen) atoms. The first-order chi connectivity index (χ1) is 8.66. The van der Waals surface area contributed by atoms with Crippen molar-refractivity contribution in [1.82, 2.24) is 0 Å². The topological polar surface area (TPSA) is 35.2 Å². The third-order valence-corrected chi connectivity index (χ3v) is 3.86. The fourth-order valence-corrected chi connectivity index (χ4v) is 2.70. The van der Waals surface area contributed by atoms with Gasteiger partial charge >= 0.3 is 0 Å². The van der Waals surface area contributed by atoms with Crippen LogP contribution in [0.4, 0.5) is 0 Å². The molecule has 1 aliphatic rings. The van der Waals surface area contributed by atoms with Gasteiger partial charge in [0.1, 0.15) is 5.75 Å². The Hall–Kier alpha value is -1.02. The van der Waals surface area contributed by atoms with Crippen LogP contribution in [0.2, 0.25) is 0 Å². The predicted octanol–water partition coefficient (Wildman–Crippen LogP) is 3.97. The lowest BCUT2D eigenvalue weighted by molar-refractivity contribution is 0.207. The Labute approximate surface area is 111 Å². The molecule has 0 unspecified atom stereocenters. The molecule has 0 aromatic heterocycles. The average Bonchev–Trinajstić information content (AvgIpc) is 2.37. The molecule has 0 aliphatic heterocycles. The molecular formula is C16H25NO. The van der Waals surface area contributed by atoms with Crippen molar-refractivity contribution in [2.75, 3.05) is 6.61 Å². The van der Waals surface area contributed by atoms with Gasteiger partial charge in [-0.15, -0.1) is 0 Å². The number of hydrogen-bond acceptors (Lipinski definition) is 2. The van der Waals surface area contributed by atoms with E-state index >= 15 is 0 Å². The molecule has 2 N–H and O–H groups in total. The number of nitrogens with two attached hydrogens (primary N) is 1. The second-order valence-electron chi connectivity index (χ2n) is 5.64. The van der Waals surface area contributed by atoms with Gasteiger partial charge in [-0.3, -0.25) is 0 Å². The standard InChI is InChI=1S/C16H25NO/c1-12-8-9-15(13(2)17)16(10-12)18-11-14-6-4-3-5-7-14/h8-10,13-14H,3-7,11,17H2,1-2H3/t13-/m1/s1. The molecule has 1 aromatic carbocycles. The minimum absolute atomic E-state index is 0.0342. The first-order valence-electron chi connectivity index (χ1n) is 7.15. The lowest BCUT2D eigenvalue weighted by Gasteiger charge is -2.23. The van der Waals surface area contributed by atoms with Gasteiger partial charge in [-0.2, -0.15) is 0 Å². The molecule has 0 bridgehead atoms. The maximum Gasteiger partial charge on any atom is 0.124 e. The summed E-state index contributed by atoms with van der Waals surface area (Å²) in [5, 5.41) is 0. The summed E-state index contributed by atoms with van der Waals surface area (Å²) >= 11 is 0. The molecule has 0 amide bonds. The van der Waals surface area contributed by atoms with Crippen molar-refractivity contribution in [2.45, 2.75) is 52.0 Å².